The van der Waals surface area contributed by atoms with Crippen LogP contribution in [0.3, 0.4) is 0 Å². The van der Waals surface area contributed by atoms with Crippen molar-refractivity contribution in [2.24, 2.45) is 0 Å². The van der Waals surface area contributed by atoms with Gasteiger partial charge in [-0.25, -0.2) is 0 Å². The van der Waals surface area contributed by atoms with E-state index in [4.69, 9.17) is 16.3 Å². The molecule has 0 bridgehead atoms. The van der Waals surface area contributed by atoms with Crippen LogP contribution in [0.2, 0.25) is 5.02 Å². The van der Waals surface area contributed by atoms with Gasteiger partial charge >= 0.3 is 0 Å². The monoisotopic (exact) mass is 281 g/mol. The minimum Gasteiger partial charge on any atom is -0.492 e. The zero-order valence-corrected chi connectivity index (χ0v) is 12.5. The fraction of sp³-hybridized carbons (Fsp3) is 0.625. The van der Waals surface area contributed by atoms with Crippen LogP contribution >= 0.6 is 11.6 Å². The van der Waals surface area contributed by atoms with Gasteiger partial charge in [-0.3, -0.25) is 0 Å². The second-order valence-electron chi connectivity index (χ2n) is 5.27. The molecular formula is C16H24ClNO. The van der Waals surface area contributed by atoms with E-state index in [2.05, 4.69) is 11.4 Å². The molecule has 0 saturated heterocycles. The third kappa shape index (κ3) is 4.70. The molecule has 0 heterocycles. The predicted octanol–water partition coefficient (Wildman–Crippen LogP) is 4.55. The van der Waals surface area contributed by atoms with Gasteiger partial charge in [0.05, 0.1) is 11.6 Å². The minimum absolute atomic E-state index is 0.652. The largest absolute Gasteiger partial charge is 0.492 e. The first-order valence-electron chi connectivity index (χ1n) is 7.44. The van der Waals surface area contributed by atoms with Crippen molar-refractivity contribution in [2.75, 3.05) is 6.61 Å². The summed E-state index contributed by atoms with van der Waals surface area (Å²) in [6.07, 6.45) is 8.14. The van der Waals surface area contributed by atoms with Crippen LogP contribution in [0.5, 0.6) is 5.75 Å². The predicted molar refractivity (Wildman–Crippen MR) is 81.0 cm³/mol. The normalized spacial score (nSPS) is 17.2. The molecule has 0 unspecified atom stereocenters. The summed E-state index contributed by atoms with van der Waals surface area (Å²) in [5.74, 6) is 0.780. The van der Waals surface area contributed by atoms with E-state index >= 15 is 0 Å². The Bertz CT molecular complexity index is 386. The van der Waals surface area contributed by atoms with Crippen LogP contribution in [-0.4, -0.2) is 12.6 Å². The number of ether oxygens (including phenoxy) is 1. The van der Waals surface area contributed by atoms with Crippen molar-refractivity contribution < 1.29 is 4.74 Å². The van der Waals surface area contributed by atoms with Crippen LogP contribution in [0, 0.1) is 0 Å². The maximum atomic E-state index is 6.20. The molecule has 1 saturated carbocycles. The average molecular weight is 282 g/mol. The molecule has 1 aliphatic carbocycles. The second kappa shape index (κ2) is 7.76. The number of hydrogen-bond donors (Lipinski definition) is 1. The van der Waals surface area contributed by atoms with Crippen molar-refractivity contribution in [3.05, 3.63) is 28.8 Å². The van der Waals surface area contributed by atoms with Crippen molar-refractivity contribution in [3.63, 3.8) is 0 Å². The number of nitrogens with one attached hydrogen (secondary N) is 1. The molecule has 0 atom stereocenters. The molecule has 106 valence electrons. The lowest BCUT2D eigenvalue weighted by atomic mass is 10.1. The van der Waals surface area contributed by atoms with Crippen molar-refractivity contribution in [1.29, 1.82) is 0 Å². The van der Waals surface area contributed by atoms with Gasteiger partial charge in [0.25, 0.3) is 0 Å². The van der Waals surface area contributed by atoms with Gasteiger partial charge in [0.1, 0.15) is 5.75 Å². The lowest BCUT2D eigenvalue weighted by Gasteiger charge is -2.16. The molecule has 1 aromatic carbocycles. The maximum absolute atomic E-state index is 6.20. The number of halogens is 1. The zero-order chi connectivity index (χ0) is 13.5. The highest BCUT2D eigenvalue weighted by Crippen LogP contribution is 2.25. The van der Waals surface area contributed by atoms with Gasteiger partial charge < -0.3 is 10.1 Å². The molecule has 1 N–H and O–H groups in total. The Morgan fingerprint density at radius 2 is 1.95 bits per heavy atom. The van der Waals surface area contributed by atoms with E-state index in [0.717, 1.165) is 12.3 Å². The molecule has 3 heteroatoms. The molecular weight excluding hydrogens is 258 g/mol. The molecule has 2 rings (SSSR count). The Morgan fingerprint density at radius 3 is 2.58 bits per heavy atom. The number of rotatable bonds is 5. The molecule has 0 amide bonds. The summed E-state index contributed by atoms with van der Waals surface area (Å²) in [5.41, 5.74) is 1.23. The molecule has 0 aliphatic heterocycles. The van der Waals surface area contributed by atoms with Crippen LogP contribution < -0.4 is 10.1 Å². The average Bonchev–Trinajstić information content (AvgIpc) is 2.68. The van der Waals surface area contributed by atoms with Crippen LogP contribution in [-0.2, 0) is 6.54 Å². The summed E-state index contributed by atoms with van der Waals surface area (Å²) < 4.78 is 5.45. The number of hydrogen-bond acceptors (Lipinski definition) is 2. The highest BCUT2D eigenvalue weighted by Gasteiger charge is 2.11. The van der Waals surface area contributed by atoms with Gasteiger partial charge in [-0.05, 0) is 37.5 Å². The van der Waals surface area contributed by atoms with E-state index in [0.29, 0.717) is 17.7 Å². The first-order chi connectivity index (χ1) is 9.29. The van der Waals surface area contributed by atoms with Gasteiger partial charge in [0.2, 0.25) is 0 Å². The van der Waals surface area contributed by atoms with Crippen molar-refractivity contribution >= 4 is 11.6 Å². The third-order valence-electron chi connectivity index (χ3n) is 3.75. The van der Waals surface area contributed by atoms with E-state index in [9.17, 15) is 0 Å². The standard InChI is InChI=1S/C16H24ClNO/c1-2-19-16-10-9-13(11-15(16)17)12-18-14-7-5-3-4-6-8-14/h9-11,14,18H,2-8,12H2,1H3. The summed E-state index contributed by atoms with van der Waals surface area (Å²) in [6.45, 7) is 3.52. The Kier molecular flexibility index (Phi) is 5.99. The van der Waals surface area contributed by atoms with Crippen molar-refractivity contribution in [1.82, 2.24) is 5.32 Å². The Balaban J connectivity index is 1.86. The van der Waals surface area contributed by atoms with E-state index in [1.165, 1.54) is 44.1 Å². The molecule has 0 spiro atoms. The van der Waals surface area contributed by atoms with Gasteiger partial charge in [-0.1, -0.05) is 43.4 Å². The zero-order valence-electron chi connectivity index (χ0n) is 11.8. The lowest BCUT2D eigenvalue weighted by Crippen LogP contribution is -2.27. The third-order valence-corrected chi connectivity index (χ3v) is 4.04. The molecule has 0 radical (unpaired) electrons. The first-order valence-corrected chi connectivity index (χ1v) is 7.82. The summed E-state index contributed by atoms with van der Waals surface area (Å²) in [6, 6.07) is 6.75. The second-order valence-corrected chi connectivity index (χ2v) is 5.67. The fourth-order valence-electron chi connectivity index (χ4n) is 2.67. The smallest absolute Gasteiger partial charge is 0.137 e. The number of benzene rings is 1. The van der Waals surface area contributed by atoms with Crippen LogP contribution in [0.15, 0.2) is 18.2 Å². The van der Waals surface area contributed by atoms with Gasteiger partial charge in [-0.2, -0.15) is 0 Å². The molecule has 19 heavy (non-hydrogen) atoms. The van der Waals surface area contributed by atoms with Crippen LogP contribution in [0.1, 0.15) is 51.0 Å². The quantitative estimate of drug-likeness (QED) is 0.800. The topological polar surface area (TPSA) is 21.3 Å². The van der Waals surface area contributed by atoms with Crippen LogP contribution in [0.25, 0.3) is 0 Å². The van der Waals surface area contributed by atoms with Crippen molar-refractivity contribution in [3.8, 4) is 5.75 Å². The summed E-state index contributed by atoms with van der Waals surface area (Å²) in [7, 11) is 0. The highest BCUT2D eigenvalue weighted by atomic mass is 35.5. The fourth-order valence-corrected chi connectivity index (χ4v) is 2.93. The van der Waals surface area contributed by atoms with Crippen molar-refractivity contribution in [2.45, 2.75) is 58.0 Å². The molecule has 0 aromatic heterocycles. The van der Waals surface area contributed by atoms with Gasteiger partial charge in [0.15, 0.2) is 0 Å². The van der Waals surface area contributed by atoms with E-state index in [1.807, 2.05) is 19.1 Å². The molecule has 1 aromatic rings. The molecule has 1 fully saturated rings. The molecule has 2 nitrogen and oxygen atoms in total. The molecule has 1 aliphatic rings. The Labute approximate surface area is 121 Å². The van der Waals surface area contributed by atoms with Crippen LogP contribution in [0.4, 0.5) is 0 Å². The van der Waals surface area contributed by atoms with Gasteiger partial charge in [-0.15, -0.1) is 0 Å². The van der Waals surface area contributed by atoms with E-state index in [-0.39, 0.29) is 0 Å². The SMILES string of the molecule is CCOc1ccc(CNC2CCCCCC2)cc1Cl. The minimum atomic E-state index is 0.652. The van der Waals surface area contributed by atoms with E-state index < -0.39 is 0 Å². The van der Waals surface area contributed by atoms with Gasteiger partial charge in [0, 0.05) is 12.6 Å². The van der Waals surface area contributed by atoms with E-state index in [1.54, 1.807) is 0 Å². The highest BCUT2D eigenvalue weighted by molar-refractivity contribution is 6.32. The summed E-state index contributed by atoms with van der Waals surface area (Å²) in [5, 5.41) is 4.37. The lowest BCUT2D eigenvalue weighted by molar-refractivity contribution is 0.340. The summed E-state index contributed by atoms with van der Waals surface area (Å²) >= 11 is 6.20. The maximum Gasteiger partial charge on any atom is 0.137 e. The first kappa shape index (κ1) is 14.7. The summed E-state index contributed by atoms with van der Waals surface area (Å²) in [4.78, 5) is 0. The Hall–Kier alpha value is -0.730. The Morgan fingerprint density at radius 1 is 1.21 bits per heavy atom.